The third kappa shape index (κ3) is 1.79. The van der Waals surface area contributed by atoms with Gasteiger partial charge in [0.2, 0.25) is 0 Å². The van der Waals surface area contributed by atoms with Gasteiger partial charge in [-0.15, -0.1) is 0 Å². The fraction of sp³-hybridized carbons (Fsp3) is 0.364. The Morgan fingerprint density at radius 3 is 3.00 bits per heavy atom. The van der Waals surface area contributed by atoms with E-state index >= 15 is 0 Å². The summed E-state index contributed by atoms with van der Waals surface area (Å²) in [4.78, 5) is 0. The van der Waals surface area contributed by atoms with Gasteiger partial charge >= 0.3 is 0 Å². The summed E-state index contributed by atoms with van der Waals surface area (Å²) >= 11 is 5.97. The molecule has 1 aliphatic rings. The first-order valence-corrected chi connectivity index (χ1v) is 5.07. The van der Waals surface area contributed by atoms with Gasteiger partial charge in [-0.05, 0) is 19.1 Å². The largest absolute Gasteiger partial charge is 0.486 e. The maximum Gasteiger partial charge on any atom is 0.141 e. The number of halogens is 1. The van der Waals surface area contributed by atoms with Crippen LogP contribution in [0, 0.1) is 11.3 Å². The number of nitrogens with zero attached hydrogens (tertiary/aromatic N) is 1. The lowest BCUT2D eigenvalue weighted by atomic mass is 10.1. The molecule has 0 fully saturated rings. The monoisotopic (exact) mass is 223 g/mol. The van der Waals surface area contributed by atoms with Crippen molar-refractivity contribution in [1.82, 2.24) is 0 Å². The van der Waals surface area contributed by atoms with Crippen molar-refractivity contribution in [3.8, 4) is 11.8 Å². The van der Waals surface area contributed by atoms with Crippen LogP contribution in [0.25, 0.3) is 0 Å². The van der Waals surface area contributed by atoms with E-state index in [4.69, 9.17) is 21.6 Å². The molecule has 0 bridgehead atoms. The molecule has 1 aromatic carbocycles. The number of rotatable bonds is 1. The lowest BCUT2D eigenvalue weighted by Gasteiger charge is -2.13. The van der Waals surface area contributed by atoms with Gasteiger partial charge in [-0.25, -0.2) is 0 Å². The van der Waals surface area contributed by atoms with Crippen molar-refractivity contribution >= 4 is 11.6 Å². The van der Waals surface area contributed by atoms with E-state index in [9.17, 15) is 5.11 Å². The zero-order chi connectivity index (χ0) is 11.0. The Morgan fingerprint density at radius 1 is 1.67 bits per heavy atom. The van der Waals surface area contributed by atoms with Gasteiger partial charge in [0.05, 0.1) is 22.8 Å². The Bertz CT molecular complexity index is 437. The Balaban J connectivity index is 2.38. The highest BCUT2D eigenvalue weighted by Gasteiger charge is 2.28. The van der Waals surface area contributed by atoms with Crippen LogP contribution in [0.5, 0.6) is 5.75 Å². The minimum atomic E-state index is -0.543. The van der Waals surface area contributed by atoms with Crippen molar-refractivity contribution in [3.05, 3.63) is 28.3 Å². The van der Waals surface area contributed by atoms with E-state index in [1.807, 2.05) is 6.07 Å². The fourth-order valence-electron chi connectivity index (χ4n) is 1.68. The summed E-state index contributed by atoms with van der Waals surface area (Å²) in [5, 5.41) is 18.6. The number of aliphatic hydroxyl groups is 1. The normalized spacial score (nSPS) is 20.3. The molecule has 2 unspecified atom stereocenters. The Morgan fingerprint density at radius 2 is 2.40 bits per heavy atom. The molecule has 1 aliphatic heterocycles. The first kappa shape index (κ1) is 10.3. The van der Waals surface area contributed by atoms with E-state index in [0.717, 1.165) is 5.56 Å². The van der Waals surface area contributed by atoms with Crippen LogP contribution in [0.1, 0.15) is 18.1 Å². The average Bonchev–Trinajstić information content (AvgIpc) is 2.61. The van der Waals surface area contributed by atoms with Gasteiger partial charge in [-0.3, -0.25) is 0 Å². The van der Waals surface area contributed by atoms with Gasteiger partial charge in [0.1, 0.15) is 11.9 Å². The first-order chi connectivity index (χ1) is 7.11. The van der Waals surface area contributed by atoms with Crippen LogP contribution < -0.4 is 4.74 Å². The maximum atomic E-state index is 9.41. The van der Waals surface area contributed by atoms with Crippen molar-refractivity contribution in [3.63, 3.8) is 0 Å². The van der Waals surface area contributed by atoms with Crippen LogP contribution in [0.2, 0.25) is 5.02 Å². The van der Waals surface area contributed by atoms with E-state index in [1.165, 1.54) is 0 Å². The maximum absolute atomic E-state index is 9.41. The second-order valence-electron chi connectivity index (χ2n) is 3.66. The van der Waals surface area contributed by atoms with Gasteiger partial charge < -0.3 is 9.84 Å². The topological polar surface area (TPSA) is 53.2 Å². The number of nitriles is 1. The molecular weight excluding hydrogens is 214 g/mol. The first-order valence-electron chi connectivity index (χ1n) is 4.69. The number of aliphatic hydroxyl groups excluding tert-OH is 1. The van der Waals surface area contributed by atoms with Crippen molar-refractivity contribution in [2.75, 3.05) is 0 Å². The highest BCUT2D eigenvalue weighted by molar-refractivity contribution is 6.32. The average molecular weight is 224 g/mol. The van der Waals surface area contributed by atoms with Crippen molar-refractivity contribution in [2.45, 2.75) is 25.6 Å². The van der Waals surface area contributed by atoms with Crippen LogP contribution in [-0.2, 0) is 6.42 Å². The molecule has 2 rings (SSSR count). The number of hydrogen-bond acceptors (Lipinski definition) is 3. The lowest BCUT2D eigenvalue weighted by Crippen LogP contribution is -2.26. The second-order valence-corrected chi connectivity index (χ2v) is 4.07. The van der Waals surface area contributed by atoms with Gasteiger partial charge in [0, 0.05) is 12.0 Å². The summed E-state index contributed by atoms with van der Waals surface area (Å²) < 4.78 is 5.51. The summed E-state index contributed by atoms with van der Waals surface area (Å²) in [5.41, 5.74) is 1.42. The molecule has 0 amide bonds. The van der Waals surface area contributed by atoms with Crippen molar-refractivity contribution < 1.29 is 9.84 Å². The molecule has 0 aromatic heterocycles. The smallest absolute Gasteiger partial charge is 0.141 e. The van der Waals surface area contributed by atoms with E-state index in [2.05, 4.69) is 0 Å². The summed E-state index contributed by atoms with van der Waals surface area (Å²) in [6, 6.07) is 5.37. The summed E-state index contributed by atoms with van der Waals surface area (Å²) in [6.07, 6.45) is -0.201. The molecule has 0 spiro atoms. The van der Waals surface area contributed by atoms with Crippen LogP contribution >= 0.6 is 11.6 Å². The molecule has 78 valence electrons. The third-order valence-corrected chi connectivity index (χ3v) is 2.76. The van der Waals surface area contributed by atoms with Crippen molar-refractivity contribution in [1.29, 1.82) is 5.26 Å². The quantitative estimate of drug-likeness (QED) is 0.791. The van der Waals surface area contributed by atoms with Crippen LogP contribution in [0.3, 0.4) is 0 Å². The highest BCUT2D eigenvalue weighted by atomic mass is 35.5. The van der Waals surface area contributed by atoms with Gasteiger partial charge in [0.25, 0.3) is 0 Å². The van der Waals surface area contributed by atoms with E-state index in [1.54, 1.807) is 19.1 Å². The van der Waals surface area contributed by atoms with Gasteiger partial charge in [-0.2, -0.15) is 5.26 Å². The number of benzene rings is 1. The number of hydrogen-bond donors (Lipinski definition) is 1. The van der Waals surface area contributed by atoms with Crippen LogP contribution in [-0.4, -0.2) is 17.3 Å². The standard InChI is InChI=1S/C11H10ClNO2/c1-6(14)10-4-8-2-7(5-13)3-9(12)11(8)15-10/h2-3,6,10,14H,4H2,1H3. The van der Waals surface area contributed by atoms with E-state index in [0.29, 0.717) is 22.8 Å². The van der Waals surface area contributed by atoms with Gasteiger partial charge in [-0.1, -0.05) is 11.6 Å². The summed E-state index contributed by atoms with van der Waals surface area (Å²) in [5.74, 6) is 0.599. The minimum Gasteiger partial charge on any atom is -0.486 e. The molecular formula is C11H10ClNO2. The summed E-state index contributed by atoms with van der Waals surface area (Å²) in [6.45, 7) is 1.68. The predicted octanol–water partition coefficient (Wildman–Crippen LogP) is 1.90. The molecule has 15 heavy (non-hydrogen) atoms. The minimum absolute atomic E-state index is 0.258. The molecule has 1 aromatic rings. The zero-order valence-electron chi connectivity index (χ0n) is 8.20. The molecule has 0 saturated heterocycles. The fourth-order valence-corrected chi connectivity index (χ4v) is 1.96. The van der Waals surface area contributed by atoms with E-state index in [-0.39, 0.29) is 6.10 Å². The number of ether oxygens (including phenoxy) is 1. The summed E-state index contributed by atoms with van der Waals surface area (Å²) in [7, 11) is 0. The van der Waals surface area contributed by atoms with E-state index < -0.39 is 6.10 Å². The molecule has 3 nitrogen and oxygen atoms in total. The molecule has 1 N–H and O–H groups in total. The van der Waals surface area contributed by atoms with Gasteiger partial charge in [0.15, 0.2) is 0 Å². The molecule has 1 heterocycles. The SMILES string of the molecule is CC(O)C1Cc2cc(C#N)cc(Cl)c2O1. The Hall–Kier alpha value is -1.24. The third-order valence-electron chi connectivity index (χ3n) is 2.48. The highest BCUT2D eigenvalue weighted by Crippen LogP contribution is 2.37. The lowest BCUT2D eigenvalue weighted by molar-refractivity contribution is 0.0632. The molecule has 4 heteroatoms. The molecule has 0 radical (unpaired) electrons. The zero-order valence-corrected chi connectivity index (χ0v) is 8.95. The second kappa shape index (κ2) is 3.73. The molecule has 0 saturated carbocycles. The number of fused-ring (bicyclic) bond motifs is 1. The molecule has 2 atom stereocenters. The Kier molecular flexibility index (Phi) is 2.56. The van der Waals surface area contributed by atoms with Crippen LogP contribution in [0.15, 0.2) is 12.1 Å². The predicted molar refractivity (Wildman–Crippen MR) is 56.0 cm³/mol. The van der Waals surface area contributed by atoms with Crippen molar-refractivity contribution in [2.24, 2.45) is 0 Å². The van der Waals surface area contributed by atoms with Crippen LogP contribution in [0.4, 0.5) is 0 Å². The molecule has 0 aliphatic carbocycles. The Labute approximate surface area is 92.9 Å².